The Kier molecular flexibility index (Phi) is 7.41. The van der Waals surface area contributed by atoms with Gasteiger partial charge in [-0.1, -0.05) is 6.07 Å². The highest BCUT2D eigenvalue weighted by molar-refractivity contribution is 5.89. The van der Waals surface area contributed by atoms with Gasteiger partial charge >= 0.3 is 12.0 Å². The van der Waals surface area contributed by atoms with E-state index in [9.17, 15) is 9.59 Å². The maximum Gasteiger partial charge on any atom is 0.358 e. The van der Waals surface area contributed by atoms with Crippen LogP contribution >= 0.6 is 0 Å². The Labute approximate surface area is 201 Å². The summed E-state index contributed by atoms with van der Waals surface area (Å²) in [6, 6.07) is 15.8. The van der Waals surface area contributed by atoms with Crippen molar-refractivity contribution in [3.8, 4) is 22.9 Å². The summed E-state index contributed by atoms with van der Waals surface area (Å²) in [4.78, 5) is 28.6. The van der Waals surface area contributed by atoms with Crippen molar-refractivity contribution in [2.24, 2.45) is 0 Å². The second-order valence-corrected chi connectivity index (χ2v) is 7.42. The summed E-state index contributed by atoms with van der Waals surface area (Å²) in [5.74, 6) is 0.782. The zero-order valence-corrected chi connectivity index (χ0v) is 19.4. The lowest BCUT2D eigenvalue weighted by Crippen LogP contribution is -2.30. The summed E-state index contributed by atoms with van der Waals surface area (Å²) in [7, 11) is 1.61. The average Bonchev–Trinajstić information content (AvgIpc) is 3.55. The van der Waals surface area contributed by atoms with Crippen molar-refractivity contribution in [1.29, 1.82) is 0 Å². The standard InChI is InChI=1S/C25H25N5O5/c1-3-34-24(31)22-12-14-30(29-22)20-6-4-5-18(15-20)28-25(32)26-13-11-19-16-35-23(27-19)17-7-9-21(33-2)10-8-17/h4-10,12,14-16H,3,11,13H2,1-2H3,(H2,26,28,32). The summed E-state index contributed by atoms with van der Waals surface area (Å²) in [6.45, 7) is 2.39. The summed E-state index contributed by atoms with van der Waals surface area (Å²) in [5.41, 5.74) is 3.05. The fraction of sp³-hybridized carbons (Fsp3) is 0.200. The van der Waals surface area contributed by atoms with Gasteiger partial charge in [0.15, 0.2) is 5.69 Å². The van der Waals surface area contributed by atoms with E-state index < -0.39 is 5.97 Å². The molecule has 180 valence electrons. The Bertz CT molecular complexity index is 1300. The number of hydrogen-bond donors (Lipinski definition) is 2. The molecule has 0 aliphatic carbocycles. The zero-order chi connectivity index (χ0) is 24.6. The molecule has 0 spiro atoms. The van der Waals surface area contributed by atoms with Gasteiger partial charge in [-0.3, -0.25) is 0 Å². The van der Waals surface area contributed by atoms with Crippen molar-refractivity contribution in [3.05, 3.63) is 78.4 Å². The summed E-state index contributed by atoms with van der Waals surface area (Å²) >= 11 is 0. The third-order valence-corrected chi connectivity index (χ3v) is 5.00. The normalized spacial score (nSPS) is 10.6. The molecule has 0 atom stereocenters. The van der Waals surface area contributed by atoms with E-state index in [1.165, 1.54) is 0 Å². The van der Waals surface area contributed by atoms with Crippen molar-refractivity contribution in [2.45, 2.75) is 13.3 Å². The van der Waals surface area contributed by atoms with Crippen LogP contribution in [-0.2, 0) is 11.2 Å². The van der Waals surface area contributed by atoms with Gasteiger partial charge in [0, 0.05) is 30.4 Å². The van der Waals surface area contributed by atoms with Crippen LogP contribution in [0.4, 0.5) is 10.5 Å². The van der Waals surface area contributed by atoms with Gasteiger partial charge < -0.3 is 24.5 Å². The van der Waals surface area contributed by atoms with E-state index in [-0.39, 0.29) is 18.3 Å². The molecule has 0 saturated heterocycles. The lowest BCUT2D eigenvalue weighted by Gasteiger charge is -2.09. The molecule has 0 bridgehead atoms. The van der Waals surface area contributed by atoms with E-state index >= 15 is 0 Å². The van der Waals surface area contributed by atoms with Crippen molar-refractivity contribution in [2.75, 3.05) is 25.6 Å². The monoisotopic (exact) mass is 475 g/mol. The van der Waals surface area contributed by atoms with Crippen molar-refractivity contribution >= 4 is 17.7 Å². The number of urea groups is 1. The number of oxazole rings is 1. The van der Waals surface area contributed by atoms with Gasteiger partial charge in [-0.15, -0.1) is 0 Å². The fourth-order valence-electron chi connectivity index (χ4n) is 3.28. The quantitative estimate of drug-likeness (QED) is 0.350. The highest BCUT2D eigenvalue weighted by atomic mass is 16.5. The number of hydrogen-bond acceptors (Lipinski definition) is 7. The number of benzene rings is 2. The third kappa shape index (κ3) is 6.05. The lowest BCUT2D eigenvalue weighted by atomic mass is 10.2. The molecular weight excluding hydrogens is 450 g/mol. The Balaban J connectivity index is 1.29. The molecule has 2 heterocycles. The highest BCUT2D eigenvalue weighted by Gasteiger charge is 2.12. The molecule has 10 nitrogen and oxygen atoms in total. The van der Waals surface area contributed by atoms with Gasteiger partial charge in [0.1, 0.15) is 12.0 Å². The molecule has 2 aromatic carbocycles. The minimum Gasteiger partial charge on any atom is -0.497 e. The van der Waals surface area contributed by atoms with Crippen LogP contribution in [0, 0.1) is 0 Å². The number of methoxy groups -OCH3 is 1. The van der Waals surface area contributed by atoms with E-state index in [2.05, 4.69) is 20.7 Å². The van der Waals surface area contributed by atoms with E-state index in [0.717, 1.165) is 17.0 Å². The first-order chi connectivity index (χ1) is 17.1. The minimum absolute atomic E-state index is 0.214. The fourth-order valence-corrected chi connectivity index (χ4v) is 3.28. The lowest BCUT2D eigenvalue weighted by molar-refractivity contribution is 0.0519. The Morgan fingerprint density at radius 3 is 2.71 bits per heavy atom. The van der Waals surface area contributed by atoms with Crippen LogP contribution in [0.1, 0.15) is 23.1 Å². The van der Waals surface area contributed by atoms with Gasteiger partial charge in [-0.25, -0.2) is 19.3 Å². The predicted octanol–water partition coefficient (Wildman–Crippen LogP) is 4.08. The number of rotatable bonds is 9. The molecule has 4 rings (SSSR count). The van der Waals surface area contributed by atoms with Crippen LogP contribution in [-0.4, -0.2) is 47.0 Å². The molecule has 4 aromatic rings. The summed E-state index contributed by atoms with van der Waals surface area (Å²) in [6.07, 6.45) is 3.75. The summed E-state index contributed by atoms with van der Waals surface area (Å²) < 4.78 is 17.2. The van der Waals surface area contributed by atoms with Crippen LogP contribution in [0.25, 0.3) is 17.1 Å². The van der Waals surface area contributed by atoms with Gasteiger partial charge in [-0.05, 0) is 55.5 Å². The van der Waals surface area contributed by atoms with Crippen molar-refractivity contribution < 1.29 is 23.5 Å². The molecule has 0 fully saturated rings. The Morgan fingerprint density at radius 1 is 1.11 bits per heavy atom. The molecule has 2 amide bonds. The number of nitrogens with zero attached hydrogens (tertiary/aromatic N) is 3. The number of amides is 2. The molecule has 0 aliphatic heterocycles. The van der Waals surface area contributed by atoms with Gasteiger partial charge in [0.2, 0.25) is 5.89 Å². The smallest absolute Gasteiger partial charge is 0.358 e. The van der Waals surface area contributed by atoms with Crippen LogP contribution in [0.5, 0.6) is 5.75 Å². The SMILES string of the molecule is CCOC(=O)c1ccn(-c2cccc(NC(=O)NCCc3coc(-c4ccc(OC)cc4)n3)c2)n1. The first-order valence-electron chi connectivity index (χ1n) is 11.0. The molecule has 0 aliphatic rings. The second-order valence-electron chi connectivity index (χ2n) is 7.42. The molecule has 0 radical (unpaired) electrons. The Morgan fingerprint density at radius 2 is 1.94 bits per heavy atom. The second kappa shape index (κ2) is 11.0. The molecule has 0 unspecified atom stereocenters. The predicted molar refractivity (Wildman–Crippen MR) is 129 cm³/mol. The third-order valence-electron chi connectivity index (χ3n) is 5.00. The van der Waals surface area contributed by atoms with E-state index in [1.807, 2.05) is 30.3 Å². The number of carbonyl (C=O) groups excluding carboxylic acids is 2. The largest absolute Gasteiger partial charge is 0.497 e. The number of esters is 1. The molecule has 35 heavy (non-hydrogen) atoms. The molecule has 2 aromatic heterocycles. The first kappa shape index (κ1) is 23.6. The van der Waals surface area contributed by atoms with Crippen molar-refractivity contribution in [3.63, 3.8) is 0 Å². The molecule has 10 heteroatoms. The van der Waals surface area contributed by atoms with Gasteiger partial charge in [0.05, 0.1) is 25.1 Å². The molecular formula is C25H25N5O5. The van der Waals surface area contributed by atoms with Crippen LogP contribution < -0.4 is 15.4 Å². The van der Waals surface area contributed by atoms with Crippen LogP contribution in [0.3, 0.4) is 0 Å². The number of nitrogens with one attached hydrogen (secondary N) is 2. The number of anilines is 1. The van der Waals surface area contributed by atoms with E-state index in [4.69, 9.17) is 13.9 Å². The topological polar surface area (TPSA) is 121 Å². The highest BCUT2D eigenvalue weighted by Crippen LogP contribution is 2.22. The number of carbonyl (C=O) groups is 2. The van der Waals surface area contributed by atoms with Gasteiger partial charge in [-0.2, -0.15) is 5.10 Å². The average molecular weight is 476 g/mol. The van der Waals surface area contributed by atoms with Crippen LogP contribution in [0.15, 0.2) is 71.5 Å². The van der Waals surface area contributed by atoms with Crippen LogP contribution in [0.2, 0.25) is 0 Å². The zero-order valence-electron chi connectivity index (χ0n) is 19.4. The van der Waals surface area contributed by atoms with E-state index in [1.54, 1.807) is 55.4 Å². The summed E-state index contributed by atoms with van der Waals surface area (Å²) in [5, 5.41) is 9.82. The Hall–Kier alpha value is -4.60. The molecule has 2 N–H and O–H groups in total. The number of aromatic nitrogens is 3. The first-order valence-corrected chi connectivity index (χ1v) is 11.0. The maximum absolute atomic E-state index is 12.3. The number of ether oxygens (including phenoxy) is 2. The molecule has 0 saturated carbocycles. The van der Waals surface area contributed by atoms with E-state index in [0.29, 0.717) is 30.2 Å². The minimum atomic E-state index is -0.483. The van der Waals surface area contributed by atoms with Crippen molar-refractivity contribution in [1.82, 2.24) is 20.1 Å². The van der Waals surface area contributed by atoms with Gasteiger partial charge in [0.25, 0.3) is 0 Å². The maximum atomic E-state index is 12.3.